The Balaban J connectivity index is 4.14. The van der Waals surface area contributed by atoms with Gasteiger partial charge >= 0.3 is 0 Å². The Bertz CT molecular complexity index is 279. The van der Waals surface area contributed by atoms with Gasteiger partial charge in [-0.1, -0.05) is 0 Å². The summed E-state index contributed by atoms with van der Waals surface area (Å²) in [4.78, 5) is 1.96. The largest absolute Gasteiger partial charge is 0.330 e. The average molecular weight is 252 g/mol. The van der Waals surface area contributed by atoms with Gasteiger partial charge in [-0.3, -0.25) is 0 Å². The van der Waals surface area contributed by atoms with E-state index in [1.807, 2.05) is 25.9 Å². The molecule has 0 fully saturated rings. The zero-order chi connectivity index (χ0) is 12.8. The summed E-state index contributed by atoms with van der Waals surface area (Å²) in [5.41, 5.74) is 5.33. The molecule has 1 unspecified atom stereocenters. The SMILES string of the molecule is CC(CNS(=O)(=O)N(C)CCCN)N(C)C. The first-order valence-corrected chi connectivity index (χ1v) is 6.82. The van der Waals surface area contributed by atoms with Crippen LogP contribution in [0.3, 0.4) is 0 Å². The fraction of sp³-hybridized carbons (Fsp3) is 1.00. The van der Waals surface area contributed by atoms with Crippen molar-refractivity contribution in [2.24, 2.45) is 5.73 Å². The average Bonchev–Trinajstić information content (AvgIpc) is 2.22. The normalized spacial score (nSPS) is 14.7. The van der Waals surface area contributed by atoms with Crippen LogP contribution in [0, 0.1) is 0 Å². The molecular weight excluding hydrogens is 228 g/mol. The molecule has 0 aromatic rings. The zero-order valence-corrected chi connectivity index (χ0v) is 11.4. The molecule has 0 aromatic carbocycles. The van der Waals surface area contributed by atoms with Gasteiger partial charge in [-0.15, -0.1) is 0 Å². The number of nitrogens with zero attached hydrogens (tertiary/aromatic N) is 2. The highest BCUT2D eigenvalue weighted by Crippen LogP contribution is 1.97. The van der Waals surface area contributed by atoms with Crippen molar-refractivity contribution in [3.8, 4) is 0 Å². The van der Waals surface area contributed by atoms with Gasteiger partial charge < -0.3 is 10.6 Å². The minimum atomic E-state index is -3.36. The Labute approximate surface area is 99.0 Å². The van der Waals surface area contributed by atoms with Crippen LogP contribution in [-0.2, 0) is 10.2 Å². The lowest BCUT2D eigenvalue weighted by molar-refractivity contribution is 0.311. The second kappa shape index (κ2) is 7.18. The molecule has 7 heteroatoms. The van der Waals surface area contributed by atoms with Gasteiger partial charge in [-0.2, -0.15) is 12.7 Å². The van der Waals surface area contributed by atoms with Gasteiger partial charge in [0, 0.05) is 26.2 Å². The van der Waals surface area contributed by atoms with E-state index in [-0.39, 0.29) is 6.04 Å². The van der Waals surface area contributed by atoms with Gasteiger partial charge in [0.25, 0.3) is 10.2 Å². The number of hydrogen-bond donors (Lipinski definition) is 2. The van der Waals surface area contributed by atoms with Crippen LogP contribution in [0.25, 0.3) is 0 Å². The molecule has 0 amide bonds. The third-order valence-electron chi connectivity index (χ3n) is 2.53. The van der Waals surface area contributed by atoms with E-state index in [0.29, 0.717) is 26.1 Å². The summed E-state index contributed by atoms with van der Waals surface area (Å²) < 4.78 is 27.3. The molecular formula is C9H24N4O2S. The van der Waals surface area contributed by atoms with Gasteiger partial charge in [0.1, 0.15) is 0 Å². The van der Waals surface area contributed by atoms with Gasteiger partial charge in [0.2, 0.25) is 0 Å². The minimum absolute atomic E-state index is 0.165. The van der Waals surface area contributed by atoms with Crippen LogP contribution < -0.4 is 10.5 Å². The van der Waals surface area contributed by atoms with E-state index < -0.39 is 10.2 Å². The summed E-state index contributed by atoms with van der Waals surface area (Å²) in [5, 5.41) is 0. The summed E-state index contributed by atoms with van der Waals surface area (Å²) in [6.45, 7) is 3.31. The molecule has 1 atom stereocenters. The molecule has 0 saturated carbocycles. The maximum absolute atomic E-state index is 11.7. The third kappa shape index (κ3) is 5.76. The van der Waals surface area contributed by atoms with E-state index in [9.17, 15) is 8.42 Å². The maximum atomic E-state index is 11.7. The van der Waals surface area contributed by atoms with E-state index in [1.54, 1.807) is 7.05 Å². The first kappa shape index (κ1) is 15.8. The molecule has 0 aliphatic carbocycles. The van der Waals surface area contributed by atoms with Crippen molar-refractivity contribution in [2.45, 2.75) is 19.4 Å². The quantitative estimate of drug-likeness (QED) is 0.584. The highest BCUT2D eigenvalue weighted by Gasteiger charge is 2.17. The third-order valence-corrected chi connectivity index (χ3v) is 4.06. The number of rotatable bonds is 8. The zero-order valence-electron chi connectivity index (χ0n) is 10.6. The van der Waals surface area contributed by atoms with E-state index in [1.165, 1.54) is 4.31 Å². The lowest BCUT2D eigenvalue weighted by atomic mass is 10.3. The molecule has 0 aromatic heterocycles. The van der Waals surface area contributed by atoms with Crippen molar-refractivity contribution in [2.75, 3.05) is 40.8 Å². The second-order valence-electron chi connectivity index (χ2n) is 4.13. The Hall–Kier alpha value is -0.210. The molecule has 0 aliphatic heterocycles. The topological polar surface area (TPSA) is 78.7 Å². The molecule has 3 N–H and O–H groups in total. The lowest BCUT2D eigenvalue weighted by Gasteiger charge is -2.22. The highest BCUT2D eigenvalue weighted by molar-refractivity contribution is 7.87. The van der Waals surface area contributed by atoms with Crippen molar-refractivity contribution < 1.29 is 8.42 Å². The molecule has 0 saturated heterocycles. The number of hydrogen-bond acceptors (Lipinski definition) is 4. The summed E-state index contributed by atoms with van der Waals surface area (Å²) in [6.07, 6.45) is 0.667. The smallest absolute Gasteiger partial charge is 0.279 e. The maximum Gasteiger partial charge on any atom is 0.279 e. The lowest BCUT2D eigenvalue weighted by Crippen LogP contribution is -2.44. The predicted molar refractivity (Wildman–Crippen MR) is 66.4 cm³/mol. The highest BCUT2D eigenvalue weighted by atomic mass is 32.2. The van der Waals surface area contributed by atoms with Crippen molar-refractivity contribution in [3.63, 3.8) is 0 Å². The van der Waals surface area contributed by atoms with Crippen molar-refractivity contribution in [3.05, 3.63) is 0 Å². The molecule has 0 spiro atoms. The molecule has 0 rings (SSSR count). The van der Waals surface area contributed by atoms with Crippen molar-refractivity contribution in [1.82, 2.24) is 13.9 Å². The van der Waals surface area contributed by atoms with E-state index >= 15 is 0 Å². The van der Waals surface area contributed by atoms with Crippen LogP contribution in [0.2, 0.25) is 0 Å². The summed E-state index contributed by atoms with van der Waals surface area (Å²) in [5.74, 6) is 0. The van der Waals surface area contributed by atoms with Crippen LogP contribution >= 0.6 is 0 Å². The molecule has 0 radical (unpaired) electrons. The van der Waals surface area contributed by atoms with Gasteiger partial charge in [0.05, 0.1) is 0 Å². The van der Waals surface area contributed by atoms with Gasteiger partial charge in [-0.05, 0) is 34.0 Å². The molecule has 0 aliphatic rings. The predicted octanol–water partition coefficient (Wildman–Crippen LogP) is -0.948. The van der Waals surface area contributed by atoms with Crippen LogP contribution in [0.15, 0.2) is 0 Å². The molecule has 6 nitrogen and oxygen atoms in total. The van der Waals surface area contributed by atoms with Crippen molar-refractivity contribution in [1.29, 1.82) is 0 Å². The summed E-state index contributed by atoms with van der Waals surface area (Å²) in [7, 11) is 2.02. The number of likely N-dealkylation sites (N-methyl/N-ethyl adjacent to an activating group) is 1. The Morgan fingerprint density at radius 1 is 1.31 bits per heavy atom. The molecule has 0 heterocycles. The number of nitrogens with one attached hydrogen (secondary N) is 1. The fourth-order valence-electron chi connectivity index (χ4n) is 0.953. The summed E-state index contributed by atoms with van der Waals surface area (Å²) >= 11 is 0. The van der Waals surface area contributed by atoms with Gasteiger partial charge in [-0.25, -0.2) is 4.72 Å². The Morgan fingerprint density at radius 3 is 2.31 bits per heavy atom. The monoisotopic (exact) mass is 252 g/mol. The Morgan fingerprint density at radius 2 is 1.88 bits per heavy atom. The molecule has 0 bridgehead atoms. The second-order valence-corrected chi connectivity index (χ2v) is 5.99. The standard InChI is InChI=1S/C9H24N4O2S/c1-9(12(2)3)8-11-16(14,15)13(4)7-5-6-10/h9,11H,5-8,10H2,1-4H3. The van der Waals surface area contributed by atoms with Crippen LogP contribution in [0.1, 0.15) is 13.3 Å². The molecule has 98 valence electrons. The fourth-order valence-corrected chi connectivity index (χ4v) is 1.99. The van der Waals surface area contributed by atoms with Crippen LogP contribution in [0.5, 0.6) is 0 Å². The van der Waals surface area contributed by atoms with Crippen LogP contribution in [-0.4, -0.2) is 64.4 Å². The minimum Gasteiger partial charge on any atom is -0.330 e. The van der Waals surface area contributed by atoms with Gasteiger partial charge in [0.15, 0.2) is 0 Å². The Kier molecular flexibility index (Phi) is 7.09. The summed E-state index contributed by atoms with van der Waals surface area (Å²) in [6, 6.07) is 0.165. The van der Waals surface area contributed by atoms with E-state index in [4.69, 9.17) is 5.73 Å². The first-order chi connectivity index (χ1) is 7.31. The first-order valence-electron chi connectivity index (χ1n) is 5.38. The number of nitrogens with two attached hydrogens (primary N) is 1. The van der Waals surface area contributed by atoms with Crippen LogP contribution in [0.4, 0.5) is 0 Å². The van der Waals surface area contributed by atoms with E-state index in [0.717, 1.165) is 0 Å². The van der Waals surface area contributed by atoms with E-state index in [2.05, 4.69) is 4.72 Å². The van der Waals surface area contributed by atoms with Crippen molar-refractivity contribution >= 4 is 10.2 Å². The molecule has 16 heavy (non-hydrogen) atoms.